The lowest BCUT2D eigenvalue weighted by Crippen LogP contribution is -1.96. The zero-order valence-electron chi connectivity index (χ0n) is 6.06. The maximum Gasteiger partial charge on any atom is 0.266 e. The van der Waals surface area contributed by atoms with Crippen LogP contribution in [0, 0.1) is 14.9 Å². The molecule has 0 bridgehead atoms. The van der Waals surface area contributed by atoms with Crippen molar-refractivity contribution in [3.05, 3.63) is 25.5 Å². The second-order valence-corrected chi connectivity index (χ2v) is 4.02. The minimum absolute atomic E-state index is 0.234. The van der Waals surface area contributed by atoms with Crippen LogP contribution in [0.5, 0.6) is 0 Å². The number of alkyl halides is 2. The molecule has 13 heavy (non-hydrogen) atoms. The summed E-state index contributed by atoms with van der Waals surface area (Å²) in [5.41, 5.74) is -0.558. The Morgan fingerprint density at radius 2 is 2.23 bits per heavy atom. The van der Waals surface area contributed by atoms with E-state index in [-0.39, 0.29) is 11.3 Å². The molecular weight excluding hydrogens is 357 g/mol. The molecule has 6 heteroatoms. The molecule has 0 fully saturated rings. The predicted molar refractivity (Wildman–Crippen MR) is 54.3 cm³/mol. The van der Waals surface area contributed by atoms with Gasteiger partial charge < -0.3 is 0 Å². The van der Waals surface area contributed by atoms with E-state index in [9.17, 15) is 8.78 Å². The summed E-state index contributed by atoms with van der Waals surface area (Å²) in [5.74, 6) is 0. The molecule has 0 spiro atoms. The van der Waals surface area contributed by atoms with Crippen molar-refractivity contribution in [2.45, 2.75) is 6.43 Å². The standard InChI is InChI=1S/C7H2BrF2IN2/c8-6-4(11)1-3(7(9)10)5(2-12)13-6/h1,7H. The molecule has 0 unspecified atom stereocenters. The maximum atomic E-state index is 12.3. The van der Waals surface area contributed by atoms with Crippen molar-refractivity contribution in [1.82, 2.24) is 4.98 Å². The first-order chi connectivity index (χ1) is 6.06. The second kappa shape index (κ2) is 4.28. The van der Waals surface area contributed by atoms with Crippen molar-refractivity contribution in [3.8, 4) is 6.07 Å². The Morgan fingerprint density at radius 3 is 2.69 bits per heavy atom. The topological polar surface area (TPSA) is 36.7 Å². The second-order valence-electron chi connectivity index (χ2n) is 2.11. The van der Waals surface area contributed by atoms with Gasteiger partial charge in [-0.1, -0.05) is 0 Å². The number of nitriles is 1. The third-order valence-electron chi connectivity index (χ3n) is 1.30. The van der Waals surface area contributed by atoms with E-state index in [1.807, 2.05) is 22.6 Å². The fourth-order valence-corrected chi connectivity index (χ4v) is 1.48. The molecule has 2 nitrogen and oxygen atoms in total. The zero-order chi connectivity index (χ0) is 10.0. The van der Waals surface area contributed by atoms with Crippen molar-refractivity contribution in [2.75, 3.05) is 0 Å². The molecule has 0 atom stereocenters. The van der Waals surface area contributed by atoms with Crippen LogP contribution < -0.4 is 0 Å². The Balaban J connectivity index is 3.35. The molecule has 1 heterocycles. The monoisotopic (exact) mass is 358 g/mol. The minimum Gasteiger partial charge on any atom is -0.229 e. The molecule has 0 aliphatic rings. The molecule has 1 aromatic heterocycles. The van der Waals surface area contributed by atoms with Crippen molar-refractivity contribution in [2.24, 2.45) is 0 Å². The lowest BCUT2D eigenvalue weighted by atomic mass is 10.2. The molecule has 0 amide bonds. The van der Waals surface area contributed by atoms with Crippen LogP contribution in [0.25, 0.3) is 0 Å². The van der Waals surface area contributed by atoms with E-state index in [1.54, 1.807) is 6.07 Å². The quantitative estimate of drug-likeness (QED) is 0.570. The van der Waals surface area contributed by atoms with E-state index in [4.69, 9.17) is 5.26 Å². The predicted octanol–water partition coefficient (Wildman–Crippen LogP) is 3.26. The Morgan fingerprint density at radius 1 is 1.62 bits per heavy atom. The lowest BCUT2D eigenvalue weighted by Gasteiger charge is -2.03. The van der Waals surface area contributed by atoms with Gasteiger partial charge in [0.05, 0.1) is 5.56 Å². The van der Waals surface area contributed by atoms with E-state index in [1.165, 1.54) is 6.07 Å². The number of nitrogens with zero attached hydrogens (tertiary/aromatic N) is 2. The van der Waals surface area contributed by atoms with Gasteiger partial charge in [0.15, 0.2) is 5.69 Å². The summed E-state index contributed by atoms with van der Waals surface area (Å²) in [7, 11) is 0. The highest BCUT2D eigenvalue weighted by atomic mass is 127. The fraction of sp³-hybridized carbons (Fsp3) is 0.143. The van der Waals surface area contributed by atoms with Crippen LogP contribution in [0.1, 0.15) is 17.7 Å². The average molecular weight is 359 g/mol. The van der Waals surface area contributed by atoms with Gasteiger partial charge in [-0.05, 0) is 44.6 Å². The number of aromatic nitrogens is 1. The van der Waals surface area contributed by atoms with E-state index in [0.717, 1.165) is 0 Å². The SMILES string of the molecule is N#Cc1nc(Br)c(I)cc1C(F)F. The van der Waals surface area contributed by atoms with Gasteiger partial charge in [0.2, 0.25) is 0 Å². The van der Waals surface area contributed by atoms with Crippen LogP contribution in [0.3, 0.4) is 0 Å². The highest BCUT2D eigenvalue weighted by molar-refractivity contribution is 14.1. The van der Waals surface area contributed by atoms with Gasteiger partial charge in [0, 0.05) is 3.57 Å². The highest BCUT2D eigenvalue weighted by Crippen LogP contribution is 2.26. The number of hydrogen-bond donors (Lipinski definition) is 0. The van der Waals surface area contributed by atoms with Crippen LogP contribution >= 0.6 is 38.5 Å². The Hall–Kier alpha value is -0.290. The largest absolute Gasteiger partial charge is 0.266 e. The third-order valence-corrected chi connectivity index (χ3v) is 3.47. The van der Waals surface area contributed by atoms with Gasteiger partial charge in [0.1, 0.15) is 10.7 Å². The summed E-state index contributed by atoms with van der Waals surface area (Å²) in [6.45, 7) is 0. The molecule has 1 rings (SSSR count). The van der Waals surface area contributed by atoms with Crippen molar-refractivity contribution in [1.29, 1.82) is 5.26 Å². The molecular formula is C7H2BrF2IN2. The van der Waals surface area contributed by atoms with Crippen molar-refractivity contribution in [3.63, 3.8) is 0 Å². The fourth-order valence-electron chi connectivity index (χ4n) is 0.736. The lowest BCUT2D eigenvalue weighted by molar-refractivity contribution is 0.150. The Kier molecular flexibility index (Phi) is 3.55. The third kappa shape index (κ3) is 2.34. The Labute approximate surface area is 95.2 Å². The molecule has 0 N–H and O–H groups in total. The van der Waals surface area contributed by atoms with Crippen LogP contribution in [0.15, 0.2) is 10.7 Å². The van der Waals surface area contributed by atoms with Crippen LogP contribution in [0.2, 0.25) is 0 Å². The van der Waals surface area contributed by atoms with Crippen LogP contribution in [0.4, 0.5) is 8.78 Å². The summed E-state index contributed by atoms with van der Waals surface area (Å²) in [4.78, 5) is 3.68. The normalized spacial score (nSPS) is 10.2. The molecule has 0 aliphatic carbocycles. The van der Waals surface area contributed by atoms with Gasteiger partial charge in [0.25, 0.3) is 6.43 Å². The summed E-state index contributed by atoms with van der Waals surface area (Å²) < 4.78 is 25.6. The average Bonchev–Trinajstić information content (AvgIpc) is 2.08. The number of pyridine rings is 1. The molecule has 1 aromatic rings. The number of halogens is 4. The van der Waals surface area contributed by atoms with Gasteiger partial charge in [-0.3, -0.25) is 0 Å². The van der Waals surface area contributed by atoms with Gasteiger partial charge in [-0.15, -0.1) is 0 Å². The number of rotatable bonds is 1. The zero-order valence-corrected chi connectivity index (χ0v) is 9.80. The van der Waals surface area contributed by atoms with Gasteiger partial charge in [-0.25, -0.2) is 13.8 Å². The van der Waals surface area contributed by atoms with Crippen LogP contribution in [-0.4, -0.2) is 4.98 Å². The van der Waals surface area contributed by atoms with E-state index < -0.39 is 6.43 Å². The summed E-state index contributed by atoms with van der Waals surface area (Å²) >= 11 is 4.92. The highest BCUT2D eigenvalue weighted by Gasteiger charge is 2.16. The molecule has 0 aliphatic heterocycles. The van der Waals surface area contributed by atoms with Crippen molar-refractivity contribution < 1.29 is 8.78 Å². The van der Waals surface area contributed by atoms with Gasteiger partial charge in [-0.2, -0.15) is 5.26 Å². The van der Waals surface area contributed by atoms with E-state index >= 15 is 0 Å². The minimum atomic E-state index is -2.66. The van der Waals surface area contributed by atoms with Crippen LogP contribution in [-0.2, 0) is 0 Å². The maximum absolute atomic E-state index is 12.3. The van der Waals surface area contributed by atoms with E-state index in [2.05, 4.69) is 20.9 Å². The Bertz CT molecular complexity index is 375. The first-order valence-electron chi connectivity index (χ1n) is 3.10. The molecule has 68 valence electrons. The molecule has 0 aromatic carbocycles. The first-order valence-corrected chi connectivity index (χ1v) is 4.97. The summed E-state index contributed by atoms with van der Waals surface area (Å²) in [5, 5.41) is 8.51. The van der Waals surface area contributed by atoms with E-state index in [0.29, 0.717) is 8.17 Å². The summed E-state index contributed by atoms with van der Waals surface area (Å²) in [6, 6.07) is 2.87. The number of hydrogen-bond acceptors (Lipinski definition) is 2. The van der Waals surface area contributed by atoms with Crippen molar-refractivity contribution >= 4 is 38.5 Å². The smallest absolute Gasteiger partial charge is 0.229 e. The molecule has 0 radical (unpaired) electrons. The van der Waals surface area contributed by atoms with Gasteiger partial charge >= 0.3 is 0 Å². The molecule has 0 saturated heterocycles. The first kappa shape index (κ1) is 10.8. The molecule has 0 saturated carbocycles. The summed E-state index contributed by atoms with van der Waals surface area (Å²) in [6.07, 6.45) is -2.66.